The van der Waals surface area contributed by atoms with E-state index in [1.807, 2.05) is 11.8 Å². The molecule has 1 heterocycles. The molecule has 12 heavy (non-hydrogen) atoms. The Morgan fingerprint density at radius 2 is 2.08 bits per heavy atom. The van der Waals surface area contributed by atoms with Gasteiger partial charge in [-0.3, -0.25) is 4.79 Å². The fourth-order valence-corrected chi connectivity index (χ4v) is 2.19. The van der Waals surface area contributed by atoms with Crippen molar-refractivity contribution in [2.75, 3.05) is 13.1 Å². The Morgan fingerprint density at radius 3 is 2.67 bits per heavy atom. The molecule has 1 aliphatic carbocycles. The second kappa shape index (κ2) is 3.08. The van der Waals surface area contributed by atoms with Crippen LogP contribution in [0.3, 0.4) is 0 Å². The zero-order valence-corrected chi connectivity index (χ0v) is 7.75. The van der Waals surface area contributed by atoms with E-state index in [-0.39, 0.29) is 0 Å². The van der Waals surface area contributed by atoms with E-state index in [9.17, 15) is 4.79 Å². The van der Waals surface area contributed by atoms with Crippen LogP contribution in [0, 0.1) is 11.8 Å². The first-order valence-corrected chi connectivity index (χ1v) is 5.09. The number of carbonyl (C=O) groups is 1. The van der Waals surface area contributed by atoms with Gasteiger partial charge >= 0.3 is 0 Å². The van der Waals surface area contributed by atoms with Crippen LogP contribution in [-0.4, -0.2) is 23.9 Å². The summed E-state index contributed by atoms with van der Waals surface area (Å²) in [6.45, 7) is 4.03. The quantitative estimate of drug-likeness (QED) is 0.612. The van der Waals surface area contributed by atoms with Crippen LogP contribution in [0.4, 0.5) is 0 Å². The average Bonchev–Trinajstić information content (AvgIpc) is 2.83. The molecule has 68 valence electrons. The van der Waals surface area contributed by atoms with Crippen LogP contribution in [0.5, 0.6) is 0 Å². The van der Waals surface area contributed by atoms with Gasteiger partial charge in [0.1, 0.15) is 0 Å². The molecule has 0 spiro atoms. The predicted molar refractivity (Wildman–Crippen MR) is 47.7 cm³/mol. The Morgan fingerprint density at radius 1 is 1.33 bits per heavy atom. The van der Waals surface area contributed by atoms with Gasteiger partial charge in [0.05, 0.1) is 0 Å². The van der Waals surface area contributed by atoms with Crippen molar-refractivity contribution in [2.24, 2.45) is 11.8 Å². The molecule has 2 rings (SSSR count). The lowest BCUT2D eigenvalue weighted by atomic mass is 10.0. The van der Waals surface area contributed by atoms with Gasteiger partial charge in [-0.05, 0) is 31.1 Å². The third kappa shape index (κ3) is 1.47. The Kier molecular flexibility index (Phi) is 2.07. The van der Waals surface area contributed by atoms with E-state index in [1.165, 1.54) is 19.3 Å². The summed E-state index contributed by atoms with van der Waals surface area (Å²) in [5, 5.41) is 0. The van der Waals surface area contributed by atoms with Crippen LogP contribution in [0.15, 0.2) is 0 Å². The lowest BCUT2D eigenvalue weighted by molar-refractivity contribution is -0.129. The fourth-order valence-electron chi connectivity index (χ4n) is 2.19. The number of rotatable bonds is 2. The third-order valence-corrected chi connectivity index (χ3v) is 3.17. The molecule has 0 radical (unpaired) electrons. The minimum absolute atomic E-state index is 0.346. The normalized spacial score (nSPS) is 29.4. The van der Waals surface area contributed by atoms with Crippen molar-refractivity contribution >= 4 is 5.91 Å². The lowest BCUT2D eigenvalue weighted by Crippen LogP contribution is -2.27. The van der Waals surface area contributed by atoms with Crippen LogP contribution < -0.4 is 0 Å². The highest BCUT2D eigenvalue weighted by molar-refractivity contribution is 5.76. The molecule has 1 amide bonds. The summed E-state index contributed by atoms with van der Waals surface area (Å²) >= 11 is 0. The third-order valence-electron chi connectivity index (χ3n) is 3.17. The predicted octanol–water partition coefficient (Wildman–Crippen LogP) is 1.65. The second-order valence-corrected chi connectivity index (χ2v) is 4.08. The van der Waals surface area contributed by atoms with Gasteiger partial charge in [0.25, 0.3) is 0 Å². The maximum absolute atomic E-state index is 11.3. The van der Waals surface area contributed by atoms with E-state index in [0.29, 0.717) is 12.3 Å². The first-order chi connectivity index (χ1) is 5.81. The molecule has 2 aliphatic rings. The van der Waals surface area contributed by atoms with Crippen LogP contribution in [0.25, 0.3) is 0 Å². The highest BCUT2D eigenvalue weighted by atomic mass is 16.2. The summed E-state index contributed by atoms with van der Waals surface area (Å²) < 4.78 is 0. The Balaban J connectivity index is 1.84. The summed E-state index contributed by atoms with van der Waals surface area (Å²) in [4.78, 5) is 13.4. The lowest BCUT2D eigenvalue weighted by Gasteiger charge is -2.14. The van der Waals surface area contributed by atoms with Gasteiger partial charge in [-0.15, -0.1) is 0 Å². The number of carbonyl (C=O) groups excluding carboxylic acids is 1. The molecule has 0 N–H and O–H groups in total. The van der Waals surface area contributed by atoms with E-state index in [0.717, 1.165) is 24.9 Å². The molecule has 2 nitrogen and oxygen atoms in total. The van der Waals surface area contributed by atoms with Gasteiger partial charge in [0.15, 0.2) is 0 Å². The van der Waals surface area contributed by atoms with E-state index in [4.69, 9.17) is 0 Å². The molecule has 1 atom stereocenters. The van der Waals surface area contributed by atoms with E-state index in [1.54, 1.807) is 0 Å². The van der Waals surface area contributed by atoms with E-state index < -0.39 is 0 Å². The number of nitrogens with zero attached hydrogens (tertiary/aromatic N) is 1. The van der Waals surface area contributed by atoms with Gasteiger partial charge in [-0.25, -0.2) is 0 Å². The summed E-state index contributed by atoms with van der Waals surface area (Å²) in [7, 11) is 0. The molecule has 1 saturated carbocycles. The fraction of sp³-hybridized carbons (Fsp3) is 0.900. The van der Waals surface area contributed by atoms with Gasteiger partial charge in [-0.1, -0.05) is 6.92 Å². The molecular formula is C10H17NO. The molecule has 2 heteroatoms. The van der Waals surface area contributed by atoms with Crippen LogP contribution in [-0.2, 0) is 4.79 Å². The first kappa shape index (κ1) is 8.09. The number of amides is 1. The molecule has 1 saturated heterocycles. The maximum Gasteiger partial charge on any atom is 0.222 e. The number of hydrogen-bond acceptors (Lipinski definition) is 1. The number of likely N-dealkylation sites (tertiary alicyclic amines) is 1. The Labute approximate surface area is 73.9 Å². The van der Waals surface area contributed by atoms with Crippen molar-refractivity contribution in [1.82, 2.24) is 4.90 Å². The molecular weight excluding hydrogens is 150 g/mol. The Hall–Kier alpha value is -0.530. The van der Waals surface area contributed by atoms with E-state index >= 15 is 0 Å². The molecule has 0 aromatic rings. The van der Waals surface area contributed by atoms with Crippen molar-refractivity contribution < 1.29 is 4.79 Å². The SMILES string of the molecule is CCC(=O)N1CCC(C2CC2)C1. The topological polar surface area (TPSA) is 20.3 Å². The number of hydrogen-bond donors (Lipinski definition) is 0. The largest absolute Gasteiger partial charge is 0.342 e. The summed E-state index contributed by atoms with van der Waals surface area (Å²) in [6.07, 6.45) is 4.77. The van der Waals surface area contributed by atoms with Crippen molar-refractivity contribution in [1.29, 1.82) is 0 Å². The van der Waals surface area contributed by atoms with Crippen molar-refractivity contribution in [3.05, 3.63) is 0 Å². The van der Waals surface area contributed by atoms with Crippen LogP contribution in [0.1, 0.15) is 32.6 Å². The zero-order chi connectivity index (χ0) is 8.55. The average molecular weight is 167 g/mol. The van der Waals surface area contributed by atoms with Crippen molar-refractivity contribution in [3.63, 3.8) is 0 Å². The van der Waals surface area contributed by atoms with Crippen molar-refractivity contribution in [3.8, 4) is 0 Å². The van der Waals surface area contributed by atoms with Crippen LogP contribution >= 0.6 is 0 Å². The monoisotopic (exact) mass is 167 g/mol. The van der Waals surface area contributed by atoms with Crippen molar-refractivity contribution in [2.45, 2.75) is 32.6 Å². The molecule has 1 unspecified atom stereocenters. The van der Waals surface area contributed by atoms with Gasteiger partial charge in [0.2, 0.25) is 5.91 Å². The van der Waals surface area contributed by atoms with Gasteiger partial charge < -0.3 is 4.90 Å². The minimum atomic E-state index is 0.346. The highest BCUT2D eigenvalue weighted by Gasteiger charge is 2.36. The molecule has 2 fully saturated rings. The smallest absolute Gasteiger partial charge is 0.222 e. The minimum Gasteiger partial charge on any atom is -0.342 e. The molecule has 0 aromatic heterocycles. The standard InChI is InChI=1S/C10H17NO/c1-2-10(12)11-6-5-9(7-11)8-3-4-8/h8-9H,2-7H2,1H3. The molecule has 1 aliphatic heterocycles. The van der Waals surface area contributed by atoms with E-state index in [2.05, 4.69) is 0 Å². The van der Waals surface area contributed by atoms with Gasteiger partial charge in [0, 0.05) is 19.5 Å². The Bertz CT molecular complexity index is 186. The second-order valence-electron chi connectivity index (χ2n) is 4.08. The maximum atomic E-state index is 11.3. The summed E-state index contributed by atoms with van der Waals surface area (Å²) in [5.74, 6) is 2.17. The zero-order valence-electron chi connectivity index (χ0n) is 7.75. The van der Waals surface area contributed by atoms with Gasteiger partial charge in [-0.2, -0.15) is 0 Å². The molecule has 0 bridgehead atoms. The summed E-state index contributed by atoms with van der Waals surface area (Å²) in [5.41, 5.74) is 0. The summed E-state index contributed by atoms with van der Waals surface area (Å²) in [6, 6.07) is 0. The molecule has 0 aromatic carbocycles. The highest BCUT2D eigenvalue weighted by Crippen LogP contribution is 2.41. The first-order valence-electron chi connectivity index (χ1n) is 5.09. The van der Waals surface area contributed by atoms with Crippen LogP contribution in [0.2, 0.25) is 0 Å².